The topological polar surface area (TPSA) is 37.3 Å². The molecule has 3 aliphatic carbocycles. The maximum Gasteiger partial charge on any atom is 0.135 e. The maximum atomic E-state index is 12.0. The van der Waals surface area contributed by atoms with E-state index in [-0.39, 0.29) is 12.0 Å². The van der Waals surface area contributed by atoms with Crippen LogP contribution in [0.3, 0.4) is 0 Å². The van der Waals surface area contributed by atoms with Gasteiger partial charge in [-0.2, -0.15) is 0 Å². The molecule has 0 saturated heterocycles. The summed E-state index contributed by atoms with van der Waals surface area (Å²) < 4.78 is 0. The molecule has 2 unspecified atom stereocenters. The van der Waals surface area contributed by atoms with E-state index in [0.717, 1.165) is 24.7 Å². The van der Waals surface area contributed by atoms with Crippen molar-refractivity contribution in [1.29, 1.82) is 0 Å². The Labute approximate surface area is 117 Å². The first kappa shape index (κ1) is 13.6. The van der Waals surface area contributed by atoms with Crippen LogP contribution >= 0.6 is 0 Å². The molecular formula is C17H28O2. The van der Waals surface area contributed by atoms with E-state index in [1.165, 1.54) is 25.7 Å². The zero-order chi connectivity index (χ0) is 13.8. The fraction of sp³-hybridized carbons (Fsp3) is 0.941. The van der Waals surface area contributed by atoms with Crippen LogP contribution in [0, 0.1) is 35.0 Å². The van der Waals surface area contributed by atoms with E-state index in [2.05, 4.69) is 13.8 Å². The smallest absolute Gasteiger partial charge is 0.135 e. The van der Waals surface area contributed by atoms with Gasteiger partial charge in [0, 0.05) is 12.3 Å². The zero-order valence-corrected chi connectivity index (χ0v) is 12.6. The number of carbonyl (C=O) groups excluding carboxylic acids is 1. The van der Waals surface area contributed by atoms with Gasteiger partial charge in [-0.3, -0.25) is 4.79 Å². The van der Waals surface area contributed by atoms with Gasteiger partial charge < -0.3 is 5.11 Å². The van der Waals surface area contributed by atoms with Crippen molar-refractivity contribution in [1.82, 2.24) is 0 Å². The second-order valence-corrected chi connectivity index (χ2v) is 7.70. The minimum absolute atomic E-state index is 0.172. The summed E-state index contributed by atoms with van der Waals surface area (Å²) in [6, 6.07) is 0. The Bertz CT molecular complexity index is 375. The van der Waals surface area contributed by atoms with Crippen molar-refractivity contribution in [3.63, 3.8) is 0 Å². The molecule has 108 valence electrons. The van der Waals surface area contributed by atoms with Crippen molar-refractivity contribution >= 4 is 5.78 Å². The number of rotatable bonds is 1. The highest BCUT2D eigenvalue weighted by atomic mass is 16.3. The molecule has 0 spiro atoms. The molecule has 0 heterocycles. The van der Waals surface area contributed by atoms with Gasteiger partial charge in [-0.15, -0.1) is 0 Å². The Balaban J connectivity index is 1.86. The van der Waals surface area contributed by atoms with E-state index in [9.17, 15) is 9.90 Å². The Kier molecular flexibility index (Phi) is 3.28. The minimum atomic E-state index is -0.172. The van der Waals surface area contributed by atoms with Crippen molar-refractivity contribution in [3.8, 4) is 0 Å². The molecule has 0 aliphatic heterocycles. The molecule has 0 bridgehead atoms. The van der Waals surface area contributed by atoms with E-state index in [0.29, 0.717) is 23.0 Å². The summed E-state index contributed by atoms with van der Waals surface area (Å²) in [6.45, 7) is 6.54. The van der Waals surface area contributed by atoms with Crippen molar-refractivity contribution in [2.45, 2.75) is 65.4 Å². The average molecular weight is 264 g/mol. The summed E-state index contributed by atoms with van der Waals surface area (Å²) in [5.41, 5.74) is 0.329. The lowest BCUT2D eigenvalue weighted by Gasteiger charge is -2.52. The van der Waals surface area contributed by atoms with Crippen LogP contribution in [0.2, 0.25) is 0 Å². The van der Waals surface area contributed by atoms with Crippen LogP contribution in [0.1, 0.15) is 59.3 Å². The lowest BCUT2D eigenvalue weighted by atomic mass is 9.52. The largest absolute Gasteiger partial charge is 0.393 e. The molecule has 0 aromatic heterocycles. The lowest BCUT2D eigenvalue weighted by molar-refractivity contribution is -0.133. The number of fused-ring (bicyclic) bond motifs is 3. The molecular weight excluding hydrogens is 236 g/mol. The third-order valence-corrected chi connectivity index (χ3v) is 7.02. The number of carbonyl (C=O) groups is 1. The number of hydrogen-bond acceptors (Lipinski definition) is 2. The summed E-state index contributed by atoms with van der Waals surface area (Å²) in [4.78, 5) is 12.0. The van der Waals surface area contributed by atoms with E-state index in [1.807, 2.05) is 6.92 Å². The molecule has 1 N–H and O–H groups in total. The van der Waals surface area contributed by atoms with E-state index in [4.69, 9.17) is 0 Å². The third kappa shape index (κ3) is 1.90. The van der Waals surface area contributed by atoms with Crippen molar-refractivity contribution in [2.24, 2.45) is 35.0 Å². The highest BCUT2D eigenvalue weighted by molar-refractivity contribution is 5.81. The molecule has 3 fully saturated rings. The van der Waals surface area contributed by atoms with Gasteiger partial charge in [0.25, 0.3) is 0 Å². The quantitative estimate of drug-likeness (QED) is 0.788. The van der Waals surface area contributed by atoms with Gasteiger partial charge in [-0.1, -0.05) is 13.8 Å². The fourth-order valence-corrected chi connectivity index (χ4v) is 5.96. The monoisotopic (exact) mass is 264 g/mol. The zero-order valence-electron chi connectivity index (χ0n) is 12.6. The number of aliphatic hydroxyl groups excluding tert-OH is 1. The summed E-state index contributed by atoms with van der Waals surface area (Å²) in [7, 11) is 0. The van der Waals surface area contributed by atoms with Gasteiger partial charge in [0.05, 0.1) is 6.10 Å². The molecule has 0 aromatic rings. The summed E-state index contributed by atoms with van der Waals surface area (Å²) in [5.74, 6) is 3.39. The molecule has 3 rings (SSSR count). The first-order valence-corrected chi connectivity index (χ1v) is 8.16. The van der Waals surface area contributed by atoms with Gasteiger partial charge in [0.15, 0.2) is 0 Å². The highest BCUT2D eigenvalue weighted by Crippen LogP contribution is 2.62. The molecule has 0 aromatic carbocycles. The summed E-state index contributed by atoms with van der Waals surface area (Å²) in [6.07, 6.45) is 6.61. The van der Waals surface area contributed by atoms with E-state index < -0.39 is 0 Å². The molecule has 3 saturated carbocycles. The molecule has 0 amide bonds. The molecule has 3 aliphatic rings. The number of Topliss-reactive ketones (excluding diaryl/α,β-unsaturated/α-hetero) is 1. The van der Waals surface area contributed by atoms with Crippen LogP contribution in [0.15, 0.2) is 0 Å². The SMILES string of the molecule is CC(O)[C@H]1CC[C@H]2[C@@H]3CCC(=O)C(C)[C@@H]3CC[C@]12C. The van der Waals surface area contributed by atoms with E-state index >= 15 is 0 Å². The van der Waals surface area contributed by atoms with Crippen LogP contribution in [-0.4, -0.2) is 17.0 Å². The van der Waals surface area contributed by atoms with Crippen molar-refractivity contribution < 1.29 is 9.90 Å². The van der Waals surface area contributed by atoms with Crippen molar-refractivity contribution in [2.75, 3.05) is 0 Å². The average Bonchev–Trinajstić information content (AvgIpc) is 2.71. The third-order valence-electron chi connectivity index (χ3n) is 7.02. The normalized spacial score (nSPS) is 51.6. The minimum Gasteiger partial charge on any atom is -0.393 e. The second-order valence-electron chi connectivity index (χ2n) is 7.70. The van der Waals surface area contributed by atoms with Crippen LogP contribution < -0.4 is 0 Å². The molecule has 2 heteroatoms. The van der Waals surface area contributed by atoms with Crippen LogP contribution in [-0.2, 0) is 4.79 Å². The van der Waals surface area contributed by atoms with Crippen molar-refractivity contribution in [3.05, 3.63) is 0 Å². The molecule has 19 heavy (non-hydrogen) atoms. The standard InChI is InChI=1S/C17H28O2/c1-10-12-8-9-17(3)14(11(2)18)5-6-15(17)13(12)4-7-16(10)19/h10-15,18H,4-9H2,1-3H3/t10?,11?,12-,13+,14+,15-,17+/m0/s1. The molecule has 7 atom stereocenters. The first-order valence-electron chi connectivity index (χ1n) is 8.16. The highest BCUT2D eigenvalue weighted by Gasteiger charge is 2.56. The maximum absolute atomic E-state index is 12.0. The predicted molar refractivity (Wildman–Crippen MR) is 75.6 cm³/mol. The lowest BCUT2D eigenvalue weighted by Crippen LogP contribution is -2.48. The fourth-order valence-electron chi connectivity index (χ4n) is 5.96. The van der Waals surface area contributed by atoms with Crippen LogP contribution in [0.25, 0.3) is 0 Å². The van der Waals surface area contributed by atoms with Gasteiger partial charge in [0.1, 0.15) is 5.78 Å². The Morgan fingerprint density at radius 3 is 2.63 bits per heavy atom. The van der Waals surface area contributed by atoms with Gasteiger partial charge in [-0.25, -0.2) is 0 Å². The Hall–Kier alpha value is -0.370. The van der Waals surface area contributed by atoms with Gasteiger partial charge in [-0.05, 0) is 68.1 Å². The van der Waals surface area contributed by atoms with Crippen LogP contribution in [0.4, 0.5) is 0 Å². The first-order chi connectivity index (χ1) is 8.95. The Morgan fingerprint density at radius 1 is 1.21 bits per heavy atom. The van der Waals surface area contributed by atoms with Gasteiger partial charge >= 0.3 is 0 Å². The van der Waals surface area contributed by atoms with Gasteiger partial charge in [0.2, 0.25) is 0 Å². The van der Waals surface area contributed by atoms with Crippen LogP contribution in [0.5, 0.6) is 0 Å². The number of hydrogen-bond donors (Lipinski definition) is 1. The second kappa shape index (κ2) is 4.58. The number of ketones is 1. The summed E-state index contributed by atoms with van der Waals surface area (Å²) in [5, 5.41) is 10.1. The summed E-state index contributed by atoms with van der Waals surface area (Å²) >= 11 is 0. The molecule has 2 nitrogen and oxygen atoms in total. The van der Waals surface area contributed by atoms with E-state index in [1.54, 1.807) is 0 Å². The number of aliphatic hydroxyl groups is 1. The predicted octanol–water partition coefficient (Wildman–Crippen LogP) is 3.42. The molecule has 0 radical (unpaired) electrons. The Morgan fingerprint density at radius 2 is 1.95 bits per heavy atom.